The van der Waals surface area contributed by atoms with Crippen LogP contribution in [0.3, 0.4) is 0 Å². The lowest BCUT2D eigenvalue weighted by atomic mass is 10.0. The first-order valence-corrected chi connectivity index (χ1v) is 10.9. The second kappa shape index (κ2) is 8.37. The lowest BCUT2D eigenvalue weighted by Crippen LogP contribution is -1.98. The summed E-state index contributed by atoms with van der Waals surface area (Å²) >= 11 is 8.88. The highest BCUT2D eigenvalue weighted by Crippen LogP contribution is 2.37. The summed E-state index contributed by atoms with van der Waals surface area (Å²) in [6.07, 6.45) is 1.07. The van der Waals surface area contributed by atoms with Gasteiger partial charge < -0.3 is 9.84 Å². The van der Waals surface area contributed by atoms with Gasteiger partial charge in [-0.2, -0.15) is 0 Å². The SMILES string of the molecule is CC(C)Cc1cc(I)c(Oc2cc(I)c(O)c(I)c2)c(I)c1. The Bertz CT molecular complexity index is 653. The Hall–Kier alpha value is 0.960. The zero-order chi connectivity index (χ0) is 16.4. The van der Waals surface area contributed by atoms with Crippen LogP contribution in [0.4, 0.5) is 0 Å². The number of halogens is 4. The molecule has 0 bridgehead atoms. The highest BCUT2D eigenvalue weighted by molar-refractivity contribution is 14.1. The number of ether oxygens (including phenoxy) is 1. The van der Waals surface area contributed by atoms with Crippen LogP contribution in [0.15, 0.2) is 24.3 Å². The summed E-state index contributed by atoms with van der Waals surface area (Å²) in [5.74, 6) is 2.58. The first-order chi connectivity index (χ1) is 10.3. The van der Waals surface area contributed by atoms with Crippen molar-refractivity contribution in [3.8, 4) is 17.2 Å². The van der Waals surface area contributed by atoms with E-state index >= 15 is 0 Å². The van der Waals surface area contributed by atoms with E-state index in [4.69, 9.17) is 4.74 Å². The van der Waals surface area contributed by atoms with Crippen molar-refractivity contribution >= 4 is 90.4 Å². The molecule has 0 saturated carbocycles. The van der Waals surface area contributed by atoms with Gasteiger partial charge in [0.25, 0.3) is 0 Å². The first kappa shape index (κ1) is 19.3. The van der Waals surface area contributed by atoms with Crippen molar-refractivity contribution in [1.29, 1.82) is 0 Å². The molecular weight excluding hydrogens is 732 g/mol. The molecule has 0 radical (unpaired) electrons. The Labute approximate surface area is 185 Å². The Morgan fingerprint density at radius 3 is 1.86 bits per heavy atom. The molecule has 0 aliphatic heterocycles. The van der Waals surface area contributed by atoms with Gasteiger partial charge in [0.15, 0.2) is 5.75 Å². The van der Waals surface area contributed by atoms with E-state index in [1.54, 1.807) is 0 Å². The van der Waals surface area contributed by atoms with E-state index in [1.165, 1.54) is 5.56 Å². The van der Waals surface area contributed by atoms with Crippen LogP contribution in [0, 0.1) is 20.2 Å². The molecule has 6 heteroatoms. The van der Waals surface area contributed by atoms with E-state index in [0.29, 0.717) is 11.7 Å². The van der Waals surface area contributed by atoms with Crippen LogP contribution >= 0.6 is 90.4 Å². The van der Waals surface area contributed by atoms with Crippen LogP contribution in [-0.4, -0.2) is 5.11 Å². The monoisotopic (exact) mass is 746 g/mol. The van der Waals surface area contributed by atoms with Gasteiger partial charge in [-0.05, 0) is 133 Å². The van der Waals surface area contributed by atoms with Gasteiger partial charge in [0.1, 0.15) is 11.5 Å². The molecule has 0 amide bonds. The van der Waals surface area contributed by atoms with Crippen molar-refractivity contribution in [1.82, 2.24) is 0 Å². The number of benzene rings is 2. The van der Waals surface area contributed by atoms with Crippen LogP contribution in [0.25, 0.3) is 0 Å². The summed E-state index contributed by atoms with van der Waals surface area (Å²) in [6.45, 7) is 4.45. The molecule has 0 heterocycles. The van der Waals surface area contributed by atoms with Gasteiger partial charge in [-0.15, -0.1) is 0 Å². The molecule has 0 saturated heterocycles. The number of rotatable bonds is 4. The molecule has 0 spiro atoms. The molecule has 0 aliphatic rings. The molecule has 0 aliphatic carbocycles. The van der Waals surface area contributed by atoms with Crippen LogP contribution < -0.4 is 4.74 Å². The Kier molecular flexibility index (Phi) is 7.33. The van der Waals surface area contributed by atoms with Gasteiger partial charge in [-0.3, -0.25) is 0 Å². The second-order valence-corrected chi connectivity index (χ2v) is 9.97. The quantitative estimate of drug-likeness (QED) is 0.349. The molecular formula is C16H14I4O2. The number of hydrogen-bond acceptors (Lipinski definition) is 2. The van der Waals surface area contributed by atoms with Gasteiger partial charge in [0, 0.05) is 0 Å². The largest absolute Gasteiger partial charge is 0.506 e. The molecule has 0 atom stereocenters. The average molecular weight is 746 g/mol. The Morgan fingerprint density at radius 2 is 1.41 bits per heavy atom. The molecule has 22 heavy (non-hydrogen) atoms. The van der Waals surface area contributed by atoms with Crippen molar-refractivity contribution in [2.45, 2.75) is 20.3 Å². The molecule has 1 N–H and O–H groups in total. The first-order valence-electron chi connectivity index (χ1n) is 6.61. The highest BCUT2D eigenvalue weighted by atomic mass is 127. The molecule has 2 nitrogen and oxygen atoms in total. The summed E-state index contributed by atoms with van der Waals surface area (Å²) < 4.78 is 9.88. The maximum absolute atomic E-state index is 9.85. The van der Waals surface area contributed by atoms with Gasteiger partial charge in [-0.25, -0.2) is 0 Å². The zero-order valence-electron chi connectivity index (χ0n) is 12.0. The lowest BCUT2D eigenvalue weighted by Gasteiger charge is -2.14. The number of aromatic hydroxyl groups is 1. The minimum absolute atomic E-state index is 0.310. The standard InChI is InChI=1S/C16H14I4O2/c1-8(2)3-9-4-13(19)16(14(20)5-9)22-10-6-11(17)15(21)12(18)7-10/h4-8,21H,3H2,1-2H3. The van der Waals surface area contributed by atoms with E-state index < -0.39 is 0 Å². The van der Waals surface area contributed by atoms with Crippen molar-refractivity contribution in [3.05, 3.63) is 44.1 Å². The van der Waals surface area contributed by atoms with Gasteiger partial charge in [0.2, 0.25) is 0 Å². The average Bonchev–Trinajstić information content (AvgIpc) is 2.39. The van der Waals surface area contributed by atoms with Crippen molar-refractivity contribution < 1.29 is 9.84 Å². The number of phenolic OH excluding ortho intramolecular Hbond substituents is 1. The summed E-state index contributed by atoms with van der Waals surface area (Å²) in [5, 5.41) is 9.85. The van der Waals surface area contributed by atoms with Crippen molar-refractivity contribution in [2.75, 3.05) is 0 Å². The topological polar surface area (TPSA) is 29.5 Å². The van der Waals surface area contributed by atoms with E-state index in [9.17, 15) is 5.11 Å². The molecule has 118 valence electrons. The molecule has 2 aromatic rings. The molecule has 2 aromatic carbocycles. The minimum Gasteiger partial charge on any atom is -0.506 e. The Morgan fingerprint density at radius 1 is 0.909 bits per heavy atom. The third kappa shape index (κ3) is 4.98. The van der Waals surface area contributed by atoms with Crippen LogP contribution in [0.1, 0.15) is 19.4 Å². The van der Waals surface area contributed by atoms with Gasteiger partial charge in [0.05, 0.1) is 14.3 Å². The maximum Gasteiger partial charge on any atom is 0.154 e. The molecule has 0 aromatic heterocycles. The lowest BCUT2D eigenvalue weighted by molar-refractivity contribution is 0.454. The highest BCUT2D eigenvalue weighted by Gasteiger charge is 2.13. The van der Waals surface area contributed by atoms with E-state index in [1.807, 2.05) is 12.1 Å². The van der Waals surface area contributed by atoms with E-state index in [-0.39, 0.29) is 0 Å². The predicted octanol–water partition coefficient (Wildman–Crippen LogP) is 6.80. The number of phenols is 1. The fourth-order valence-electron chi connectivity index (χ4n) is 2.02. The fraction of sp³-hybridized carbons (Fsp3) is 0.250. The van der Waals surface area contributed by atoms with E-state index in [0.717, 1.165) is 32.2 Å². The third-order valence-corrected chi connectivity index (χ3v) is 6.16. The normalized spacial score (nSPS) is 11.0. The van der Waals surface area contributed by atoms with Crippen LogP contribution in [-0.2, 0) is 6.42 Å². The van der Waals surface area contributed by atoms with Crippen molar-refractivity contribution in [3.63, 3.8) is 0 Å². The third-order valence-electron chi connectivity index (χ3n) is 2.91. The Balaban J connectivity index is 2.34. The molecule has 0 fully saturated rings. The van der Waals surface area contributed by atoms with Crippen molar-refractivity contribution in [2.24, 2.45) is 5.92 Å². The van der Waals surface area contributed by atoms with Crippen LogP contribution in [0.5, 0.6) is 17.2 Å². The second-order valence-electron chi connectivity index (χ2n) is 5.32. The molecule has 0 unspecified atom stereocenters. The van der Waals surface area contributed by atoms with Crippen LogP contribution in [0.2, 0.25) is 0 Å². The maximum atomic E-state index is 9.85. The molecule has 2 rings (SSSR count). The zero-order valence-corrected chi connectivity index (χ0v) is 20.6. The summed E-state index contributed by atoms with van der Waals surface area (Å²) in [7, 11) is 0. The number of hydrogen-bond donors (Lipinski definition) is 1. The predicted molar refractivity (Wildman–Crippen MR) is 124 cm³/mol. The smallest absolute Gasteiger partial charge is 0.154 e. The summed E-state index contributed by atoms with van der Waals surface area (Å²) in [6, 6.07) is 8.08. The van der Waals surface area contributed by atoms with Gasteiger partial charge in [-0.1, -0.05) is 13.8 Å². The summed E-state index contributed by atoms with van der Waals surface area (Å²) in [5.41, 5.74) is 1.34. The van der Waals surface area contributed by atoms with E-state index in [2.05, 4.69) is 116 Å². The fourth-order valence-corrected chi connectivity index (χ4v) is 5.85. The van der Waals surface area contributed by atoms with Gasteiger partial charge >= 0.3 is 0 Å². The summed E-state index contributed by atoms with van der Waals surface area (Å²) in [4.78, 5) is 0. The minimum atomic E-state index is 0.310.